The molecule has 0 aromatic heterocycles. The number of hydrogen-bond donors (Lipinski definition) is 3. The first-order valence-electron chi connectivity index (χ1n) is 10.5. The van der Waals surface area contributed by atoms with Crippen LogP contribution in [0.3, 0.4) is 0 Å². The zero-order chi connectivity index (χ0) is 22.8. The van der Waals surface area contributed by atoms with Gasteiger partial charge in [0, 0.05) is 18.2 Å². The number of nitrogens with zero attached hydrogens (tertiary/aromatic N) is 1. The van der Waals surface area contributed by atoms with E-state index >= 15 is 0 Å². The molecule has 6 nitrogen and oxygen atoms in total. The smallest absolute Gasteiger partial charge is 0.328 e. The predicted molar refractivity (Wildman–Crippen MR) is 120 cm³/mol. The van der Waals surface area contributed by atoms with Crippen LogP contribution in [-0.2, 0) is 9.59 Å². The summed E-state index contributed by atoms with van der Waals surface area (Å²) >= 11 is 0. The van der Waals surface area contributed by atoms with Gasteiger partial charge in [-0.3, -0.25) is 4.90 Å². The van der Waals surface area contributed by atoms with Gasteiger partial charge >= 0.3 is 11.9 Å². The Balaban J connectivity index is 0.000000366. The van der Waals surface area contributed by atoms with E-state index in [-0.39, 0.29) is 6.04 Å². The third kappa shape index (κ3) is 7.66. The van der Waals surface area contributed by atoms with E-state index in [0.29, 0.717) is 12.2 Å². The molecule has 2 aromatic carbocycles. The molecule has 2 unspecified atom stereocenters. The number of aliphatic carboxylic acids is 2. The molecule has 3 rings (SSSR count). The Hall–Kier alpha value is -2.96. The quantitative estimate of drug-likeness (QED) is 0.438. The van der Waals surface area contributed by atoms with Crippen LogP contribution >= 0.6 is 0 Å². The first-order chi connectivity index (χ1) is 14.8. The van der Waals surface area contributed by atoms with Crippen LogP contribution in [0.5, 0.6) is 0 Å². The molecule has 2 atom stereocenters. The maximum atomic E-state index is 10.7. The summed E-state index contributed by atoms with van der Waals surface area (Å²) in [6.45, 7) is 2.13. The fourth-order valence-corrected chi connectivity index (χ4v) is 3.76. The molecule has 0 heterocycles. The molecular formula is C25H31NO5. The second kappa shape index (κ2) is 12.0. The number of aliphatic hydroxyl groups excluding tert-OH is 1. The third-order valence-corrected chi connectivity index (χ3v) is 5.71. The Labute approximate surface area is 183 Å². The van der Waals surface area contributed by atoms with E-state index in [2.05, 4.69) is 43.3 Å². The minimum Gasteiger partial charge on any atom is -0.478 e. The lowest BCUT2D eigenvalue weighted by molar-refractivity contribution is -0.134. The Morgan fingerprint density at radius 3 is 1.90 bits per heavy atom. The monoisotopic (exact) mass is 425 g/mol. The van der Waals surface area contributed by atoms with Crippen LogP contribution in [0.15, 0.2) is 66.7 Å². The number of benzene rings is 2. The van der Waals surface area contributed by atoms with Crippen molar-refractivity contribution < 1.29 is 24.9 Å². The number of rotatable bonds is 7. The van der Waals surface area contributed by atoms with Crippen LogP contribution in [0, 0.1) is 0 Å². The van der Waals surface area contributed by atoms with Crippen molar-refractivity contribution in [3.05, 3.63) is 83.4 Å². The summed E-state index contributed by atoms with van der Waals surface area (Å²) in [5.74, 6) is -1.79. The van der Waals surface area contributed by atoms with Crippen molar-refractivity contribution in [1.82, 2.24) is 4.90 Å². The molecule has 166 valence electrons. The Morgan fingerprint density at radius 1 is 0.903 bits per heavy atom. The molecule has 1 aliphatic carbocycles. The Kier molecular flexibility index (Phi) is 9.43. The van der Waals surface area contributed by atoms with Gasteiger partial charge in [-0.1, -0.05) is 67.4 Å². The van der Waals surface area contributed by atoms with Crippen molar-refractivity contribution in [2.75, 3.05) is 7.05 Å². The molecule has 0 aliphatic heterocycles. The summed E-state index contributed by atoms with van der Waals surface area (Å²) in [5, 5.41) is 26.3. The summed E-state index contributed by atoms with van der Waals surface area (Å²) in [7, 11) is 1.98. The van der Waals surface area contributed by atoms with E-state index in [9.17, 15) is 14.7 Å². The van der Waals surface area contributed by atoms with E-state index in [1.807, 2.05) is 30.1 Å². The van der Waals surface area contributed by atoms with Gasteiger partial charge in [0.25, 0.3) is 0 Å². The molecule has 1 fully saturated rings. The maximum Gasteiger partial charge on any atom is 0.328 e. The molecule has 0 spiro atoms. The maximum absolute atomic E-state index is 10.7. The van der Waals surface area contributed by atoms with Crippen molar-refractivity contribution in [2.24, 2.45) is 0 Å². The summed E-state index contributed by atoms with van der Waals surface area (Å²) in [4.78, 5) is 21.1. The summed E-state index contributed by atoms with van der Waals surface area (Å²) in [5.41, 5.74) is 3.62. The topological polar surface area (TPSA) is 98.1 Å². The third-order valence-electron chi connectivity index (χ3n) is 5.71. The summed E-state index contributed by atoms with van der Waals surface area (Å²) in [6.07, 6.45) is 5.87. The van der Waals surface area contributed by atoms with E-state index < -0.39 is 18.2 Å². The highest BCUT2D eigenvalue weighted by molar-refractivity contribution is 5.89. The van der Waals surface area contributed by atoms with Crippen molar-refractivity contribution in [1.29, 1.82) is 0 Å². The zero-order valence-electron chi connectivity index (χ0n) is 18.0. The molecule has 0 amide bonds. The van der Waals surface area contributed by atoms with Crippen LogP contribution in [0.25, 0.3) is 0 Å². The van der Waals surface area contributed by atoms with Gasteiger partial charge in [0.1, 0.15) is 6.23 Å². The molecular weight excluding hydrogens is 394 g/mol. The van der Waals surface area contributed by atoms with Crippen molar-refractivity contribution in [3.63, 3.8) is 0 Å². The van der Waals surface area contributed by atoms with Gasteiger partial charge in [0.05, 0.1) is 0 Å². The van der Waals surface area contributed by atoms with Gasteiger partial charge < -0.3 is 15.3 Å². The lowest BCUT2D eigenvalue weighted by Crippen LogP contribution is -2.27. The number of aliphatic hydroxyl groups is 1. The number of carbonyl (C=O) groups is 2. The van der Waals surface area contributed by atoms with Crippen LogP contribution in [0.1, 0.15) is 67.5 Å². The van der Waals surface area contributed by atoms with Gasteiger partial charge in [-0.15, -0.1) is 0 Å². The van der Waals surface area contributed by atoms with E-state index in [1.54, 1.807) is 0 Å². The SMILES string of the molecule is CC(c1ccccc1)N(C)C(O)c1ccc(C2CCCC2)cc1.O=C(O)/C=C\C(=O)O. The number of hydrogen-bond acceptors (Lipinski definition) is 4. The standard InChI is InChI=1S/C21H27NO.C4H4O4/c1-16(17-8-4-3-5-9-17)22(2)21(23)20-14-12-19(13-15-20)18-10-6-7-11-18;5-3(6)1-2-4(7)8/h3-5,8-9,12-16,18,21,23H,6-7,10-11H2,1-2H3;1-2H,(H,5,6)(H,7,8)/b;2-1-. The lowest BCUT2D eigenvalue weighted by Gasteiger charge is -2.30. The summed E-state index contributed by atoms with van der Waals surface area (Å²) < 4.78 is 0. The average Bonchev–Trinajstić information content (AvgIpc) is 3.32. The molecule has 0 saturated heterocycles. The van der Waals surface area contributed by atoms with Gasteiger partial charge in [-0.2, -0.15) is 0 Å². The highest BCUT2D eigenvalue weighted by Crippen LogP contribution is 2.35. The van der Waals surface area contributed by atoms with Crippen molar-refractivity contribution >= 4 is 11.9 Å². The normalized spacial score (nSPS) is 16.0. The largest absolute Gasteiger partial charge is 0.478 e. The fraction of sp³-hybridized carbons (Fsp3) is 0.360. The first-order valence-corrected chi connectivity index (χ1v) is 10.5. The molecule has 1 saturated carbocycles. The van der Waals surface area contributed by atoms with Crippen LogP contribution < -0.4 is 0 Å². The Bertz CT molecular complexity index is 841. The van der Waals surface area contributed by atoms with E-state index in [1.165, 1.54) is 36.8 Å². The molecule has 3 N–H and O–H groups in total. The minimum absolute atomic E-state index is 0.167. The van der Waals surface area contributed by atoms with Crippen LogP contribution in [0.4, 0.5) is 0 Å². The Morgan fingerprint density at radius 2 is 1.42 bits per heavy atom. The van der Waals surface area contributed by atoms with E-state index in [4.69, 9.17) is 10.2 Å². The zero-order valence-corrected chi connectivity index (χ0v) is 18.0. The van der Waals surface area contributed by atoms with Gasteiger partial charge in [-0.25, -0.2) is 9.59 Å². The van der Waals surface area contributed by atoms with Crippen LogP contribution in [0.2, 0.25) is 0 Å². The molecule has 31 heavy (non-hydrogen) atoms. The second-order valence-corrected chi connectivity index (χ2v) is 7.78. The molecule has 6 heteroatoms. The van der Waals surface area contributed by atoms with Crippen molar-refractivity contribution in [2.45, 2.75) is 50.8 Å². The number of carboxylic acids is 2. The highest BCUT2D eigenvalue weighted by Gasteiger charge is 2.21. The molecule has 0 radical (unpaired) electrons. The second-order valence-electron chi connectivity index (χ2n) is 7.78. The van der Waals surface area contributed by atoms with E-state index in [0.717, 1.165) is 11.5 Å². The van der Waals surface area contributed by atoms with Crippen LogP contribution in [-0.4, -0.2) is 39.2 Å². The molecule has 0 bridgehead atoms. The minimum atomic E-state index is -1.26. The average molecular weight is 426 g/mol. The summed E-state index contributed by atoms with van der Waals surface area (Å²) in [6, 6.07) is 19.1. The van der Waals surface area contributed by atoms with Gasteiger partial charge in [0.2, 0.25) is 0 Å². The first kappa shape index (κ1) is 24.3. The van der Waals surface area contributed by atoms with Crippen molar-refractivity contribution in [3.8, 4) is 0 Å². The number of carboxylic acid groups (broad SMARTS) is 2. The highest BCUT2D eigenvalue weighted by atomic mass is 16.4. The molecule has 1 aliphatic rings. The predicted octanol–water partition coefficient (Wildman–Crippen LogP) is 4.74. The van der Waals surface area contributed by atoms with Gasteiger partial charge in [-0.05, 0) is 49.4 Å². The fourth-order valence-electron chi connectivity index (χ4n) is 3.76. The lowest BCUT2D eigenvalue weighted by atomic mass is 9.96. The molecule has 2 aromatic rings. The van der Waals surface area contributed by atoms with Gasteiger partial charge in [0.15, 0.2) is 0 Å².